The Morgan fingerprint density at radius 1 is 0.507 bits per heavy atom. The lowest BCUT2D eigenvalue weighted by Crippen LogP contribution is -2.61. The van der Waals surface area contributed by atoms with Crippen molar-refractivity contribution >= 4 is 103 Å². The molecule has 0 heterocycles. The van der Waals surface area contributed by atoms with Crippen LogP contribution in [0.4, 0.5) is 0 Å². The van der Waals surface area contributed by atoms with Crippen LogP contribution in [0.2, 0.25) is 0 Å². The summed E-state index contributed by atoms with van der Waals surface area (Å²) in [7, 11) is 0. The number of rotatable bonds is 32. The number of carbonyl (C=O) groups is 9. The van der Waals surface area contributed by atoms with Gasteiger partial charge in [0.05, 0.1) is 12.6 Å². The molecule has 0 aromatic carbocycles. The summed E-state index contributed by atoms with van der Waals surface area (Å²) in [6, 6.07) is -9.73. The average molecular weight is 1010 g/mol. The lowest BCUT2D eigenvalue weighted by Gasteiger charge is -2.28. The van der Waals surface area contributed by atoms with Gasteiger partial charge in [-0.05, 0) is 49.9 Å². The number of hydrogen-bond acceptors (Lipinski definition) is 15. The Labute approximate surface area is 407 Å². The van der Waals surface area contributed by atoms with Gasteiger partial charge >= 0.3 is 5.97 Å². The number of amides is 8. The van der Waals surface area contributed by atoms with Crippen LogP contribution in [-0.4, -0.2) is 155 Å². The number of nitrogens with one attached hydrogen (secondary N) is 8. The molecule has 0 unspecified atom stereocenters. The summed E-state index contributed by atoms with van der Waals surface area (Å²) in [5, 5.41) is 29.4. The van der Waals surface area contributed by atoms with Crippen molar-refractivity contribution in [3.63, 3.8) is 0 Å². The summed E-state index contributed by atoms with van der Waals surface area (Å²) < 4.78 is 0. The highest BCUT2D eigenvalue weighted by atomic mass is 32.1. The number of thiol groups is 3. The zero-order valence-corrected chi connectivity index (χ0v) is 41.6. The zero-order chi connectivity index (χ0) is 51.6. The summed E-state index contributed by atoms with van der Waals surface area (Å²) in [5.74, 6) is -9.55. The fraction of sp³-hybridized carbons (Fsp3) is 0.718. The lowest BCUT2D eigenvalue weighted by molar-refractivity contribution is -0.141. The molecule has 0 bridgehead atoms. The molecule has 0 aliphatic heterocycles. The van der Waals surface area contributed by atoms with E-state index in [0.717, 1.165) is 0 Å². The summed E-state index contributed by atoms with van der Waals surface area (Å²) >= 11 is 12.4. The fourth-order valence-electron chi connectivity index (χ4n) is 5.88. The van der Waals surface area contributed by atoms with Gasteiger partial charge in [-0.1, -0.05) is 41.5 Å². The van der Waals surface area contributed by atoms with Crippen LogP contribution in [0.1, 0.15) is 73.6 Å². The van der Waals surface area contributed by atoms with Crippen molar-refractivity contribution in [2.24, 2.45) is 56.4 Å². The van der Waals surface area contributed by atoms with Crippen molar-refractivity contribution in [2.75, 3.05) is 36.9 Å². The third kappa shape index (κ3) is 24.9. The minimum atomic E-state index is -1.32. The molecule has 0 aliphatic rings. The van der Waals surface area contributed by atoms with Crippen molar-refractivity contribution in [1.82, 2.24) is 42.5 Å². The predicted molar refractivity (Wildman–Crippen MR) is 263 cm³/mol. The van der Waals surface area contributed by atoms with E-state index < -0.39 is 120 Å². The first-order valence-corrected chi connectivity index (χ1v) is 23.5. The van der Waals surface area contributed by atoms with Crippen molar-refractivity contribution in [3.05, 3.63) is 0 Å². The largest absolute Gasteiger partial charge is 0.480 e. The second-order valence-corrected chi connectivity index (χ2v) is 17.7. The van der Waals surface area contributed by atoms with Gasteiger partial charge in [-0.3, -0.25) is 48.3 Å². The summed E-state index contributed by atoms with van der Waals surface area (Å²) in [5.41, 5.74) is 27.5. The van der Waals surface area contributed by atoms with Crippen LogP contribution < -0.4 is 71.2 Å². The molecule has 382 valence electrons. The second-order valence-electron chi connectivity index (χ2n) is 16.6. The van der Waals surface area contributed by atoms with E-state index in [1.54, 1.807) is 41.5 Å². The minimum Gasteiger partial charge on any atom is -0.480 e. The van der Waals surface area contributed by atoms with E-state index in [-0.39, 0.29) is 73.9 Å². The van der Waals surface area contributed by atoms with Crippen molar-refractivity contribution in [3.8, 4) is 0 Å². The number of carbonyl (C=O) groups excluding carboxylic acids is 8. The molecule has 0 aromatic rings. The molecule has 25 nitrogen and oxygen atoms in total. The number of nitrogens with two attached hydrogens (primary N) is 5. The number of aliphatic carboxylic acids is 1. The highest BCUT2D eigenvalue weighted by Gasteiger charge is 2.34. The van der Waals surface area contributed by atoms with E-state index in [1.165, 1.54) is 0 Å². The van der Waals surface area contributed by atoms with Crippen molar-refractivity contribution in [2.45, 2.75) is 122 Å². The van der Waals surface area contributed by atoms with Crippen LogP contribution in [0.25, 0.3) is 0 Å². The van der Waals surface area contributed by atoms with Crippen LogP contribution in [0.3, 0.4) is 0 Å². The molecule has 0 aromatic heterocycles. The van der Waals surface area contributed by atoms with Gasteiger partial charge in [0.1, 0.15) is 42.3 Å². The number of aliphatic imine (C=N–C) groups is 2. The van der Waals surface area contributed by atoms with Gasteiger partial charge in [-0.25, -0.2) is 4.79 Å². The molecule has 0 rings (SSSR count). The first-order chi connectivity index (χ1) is 31.3. The Balaban J connectivity index is 6.03. The van der Waals surface area contributed by atoms with Crippen LogP contribution in [0.15, 0.2) is 9.98 Å². The van der Waals surface area contributed by atoms with Gasteiger partial charge in [0.25, 0.3) is 0 Å². The predicted octanol–water partition coefficient (Wildman–Crippen LogP) is -4.84. The van der Waals surface area contributed by atoms with Crippen LogP contribution >= 0.6 is 37.9 Å². The zero-order valence-electron chi connectivity index (χ0n) is 38.9. The van der Waals surface area contributed by atoms with Crippen molar-refractivity contribution in [1.29, 1.82) is 0 Å². The molecule has 28 heteroatoms. The smallest absolute Gasteiger partial charge is 0.327 e. The Hall–Kier alpha value is -5.22. The molecular weight excluding hydrogens is 935 g/mol. The maximum Gasteiger partial charge on any atom is 0.327 e. The lowest BCUT2D eigenvalue weighted by atomic mass is 10.0. The van der Waals surface area contributed by atoms with E-state index in [9.17, 15) is 48.3 Å². The number of carboxylic acid groups (broad SMARTS) is 1. The molecular formula is C39H73N15O10S3. The van der Waals surface area contributed by atoms with Gasteiger partial charge in [-0.2, -0.15) is 37.9 Å². The van der Waals surface area contributed by atoms with Crippen LogP contribution in [-0.2, 0) is 43.2 Å². The molecule has 0 spiro atoms. The first-order valence-electron chi connectivity index (χ1n) is 21.6. The van der Waals surface area contributed by atoms with E-state index >= 15 is 0 Å². The van der Waals surface area contributed by atoms with Crippen LogP contribution in [0.5, 0.6) is 0 Å². The maximum absolute atomic E-state index is 13.8. The topological polar surface area (TPSA) is 425 Å². The van der Waals surface area contributed by atoms with Gasteiger partial charge in [-0.15, -0.1) is 0 Å². The Morgan fingerprint density at radius 2 is 0.910 bits per heavy atom. The van der Waals surface area contributed by atoms with Crippen LogP contribution in [0, 0.1) is 17.8 Å². The highest BCUT2D eigenvalue weighted by Crippen LogP contribution is 2.10. The molecule has 67 heavy (non-hydrogen) atoms. The maximum atomic E-state index is 13.8. The van der Waals surface area contributed by atoms with E-state index in [2.05, 4.69) is 90.4 Å². The number of nitrogens with zero attached hydrogens (tertiary/aromatic N) is 2. The highest BCUT2D eigenvalue weighted by molar-refractivity contribution is 7.80. The minimum absolute atomic E-state index is 0.0321. The molecule has 19 N–H and O–H groups in total. The number of guanidine groups is 2. The van der Waals surface area contributed by atoms with Gasteiger partial charge in [0.15, 0.2) is 11.9 Å². The quantitative estimate of drug-likeness (QED) is 0.0130. The fourth-order valence-corrected chi connectivity index (χ4v) is 6.65. The number of hydrogen-bond donors (Lipinski definition) is 17. The Morgan fingerprint density at radius 3 is 1.36 bits per heavy atom. The molecule has 8 amide bonds. The molecule has 0 fully saturated rings. The SMILES string of the molecule is CC(C)C[C@H](NC(=O)[C@H](CS)NC(=O)[C@@H](N)CCCN=C(N)N)C(=O)N[C@@H](CS)C(=O)N[C@H](C(=O)N[C@@H](CCCN=C(N)N)C(=O)NCC(=O)N[C@H](C(=O)N[C@@H](CS)C(=O)O)C(C)C)C(C)C. The van der Waals surface area contributed by atoms with Gasteiger partial charge < -0.3 is 76.3 Å². The van der Waals surface area contributed by atoms with E-state index in [0.29, 0.717) is 6.42 Å². The van der Waals surface area contributed by atoms with Crippen molar-refractivity contribution < 1.29 is 48.3 Å². The van der Waals surface area contributed by atoms with Gasteiger partial charge in [0.2, 0.25) is 47.3 Å². The standard InChI is InChI=1S/C39H73N15O10S3/c1-18(2)13-23(49-33(59)24(15-65)50-30(56)21(40)9-7-11-45-38(41)42)32(58)51-25(16-66)34(60)54-29(20(5)6)36(62)48-22(10-8-12-46-39(43)44)31(57)47-14-27(55)53-28(19(3)4)35(61)52-26(17-67)37(63)64/h18-26,28-29,65-67H,7-17,40H2,1-6H3,(H,47,57)(H,48,62)(H,49,59)(H,50,56)(H,51,58)(H,52,61)(H,53,55)(H,54,60)(H,63,64)(H4,41,42,45)(H4,43,44,46)/t21-,22-,23-,24-,25-,26-,28-,29-/m0/s1. The summed E-state index contributed by atoms with van der Waals surface area (Å²) in [6.07, 6.45) is 0.887. The summed E-state index contributed by atoms with van der Waals surface area (Å²) in [4.78, 5) is 126. The van der Waals surface area contributed by atoms with Gasteiger partial charge in [0, 0.05) is 30.3 Å². The Bertz CT molecular complexity index is 1730. The van der Waals surface area contributed by atoms with E-state index in [4.69, 9.17) is 28.7 Å². The molecule has 0 saturated carbocycles. The molecule has 0 aliphatic carbocycles. The number of carboxylic acids is 1. The summed E-state index contributed by atoms with van der Waals surface area (Å²) in [6.45, 7) is 9.77. The monoisotopic (exact) mass is 1010 g/mol. The van der Waals surface area contributed by atoms with E-state index in [1.807, 2.05) is 0 Å². The Kier molecular flexibility index (Phi) is 29.9. The molecule has 0 saturated heterocycles. The third-order valence-electron chi connectivity index (χ3n) is 9.59. The third-order valence-corrected chi connectivity index (χ3v) is 10.7. The molecule has 0 radical (unpaired) electrons. The molecule has 8 atom stereocenters. The second kappa shape index (κ2) is 32.5. The normalized spacial score (nSPS) is 14.6. The average Bonchev–Trinajstić information content (AvgIpc) is 3.24. The first kappa shape index (κ1) is 61.8.